The molecule has 0 bridgehead atoms. The van der Waals surface area contributed by atoms with E-state index in [1.807, 2.05) is 30.3 Å². The highest BCUT2D eigenvalue weighted by molar-refractivity contribution is 7.94. The summed E-state index contributed by atoms with van der Waals surface area (Å²) < 4.78 is 12.5. The number of anilines is 1. The second-order valence-electron chi connectivity index (χ2n) is 6.03. The predicted molar refractivity (Wildman–Crippen MR) is 116 cm³/mol. The maximum Gasteiger partial charge on any atom is 0.129 e. The molecule has 3 nitrogen and oxygen atoms in total. The summed E-state index contributed by atoms with van der Waals surface area (Å²) in [6, 6.07) is 21.9. The monoisotopic (exact) mass is 397 g/mol. The molecule has 0 spiro atoms. The number of hydrogen-bond donors (Lipinski definition) is 2. The fourth-order valence-electron chi connectivity index (χ4n) is 2.57. The van der Waals surface area contributed by atoms with E-state index in [-0.39, 0.29) is 17.9 Å². The zero-order chi connectivity index (χ0) is 19.1. The van der Waals surface area contributed by atoms with Crippen LogP contribution in [0.2, 0.25) is 0 Å². The van der Waals surface area contributed by atoms with Gasteiger partial charge in [0.05, 0.1) is 0 Å². The summed E-state index contributed by atoms with van der Waals surface area (Å²) in [5.74, 6) is 0.164. The van der Waals surface area contributed by atoms with Crippen LogP contribution >= 0.6 is 21.4 Å². The molecule has 0 aliphatic carbocycles. The first-order valence-electron chi connectivity index (χ1n) is 8.49. The SMILES string of the molecule is C=C(Nc1ccc(C(P)NCc2ccccc2)cc1)c1ccc(SF)nc1. The lowest BCUT2D eigenvalue weighted by Crippen LogP contribution is -2.15. The van der Waals surface area contributed by atoms with Crippen molar-refractivity contribution < 1.29 is 3.89 Å². The first kappa shape index (κ1) is 19.6. The Bertz CT molecular complexity index is 870. The van der Waals surface area contributed by atoms with Crippen LogP contribution in [0.1, 0.15) is 22.5 Å². The Hall–Kier alpha value is -2.20. The standard InChI is InChI=1S/C21H21FN3PS/c1-15(18-9-12-20(27-22)23-14-18)25-19-10-7-17(8-11-19)21(26)24-13-16-5-3-2-4-6-16/h2-12,14,21,24-25H,1,13,26H2. The van der Waals surface area contributed by atoms with E-state index in [2.05, 4.69) is 55.7 Å². The van der Waals surface area contributed by atoms with E-state index in [9.17, 15) is 3.89 Å². The lowest BCUT2D eigenvalue weighted by molar-refractivity contribution is 0.678. The van der Waals surface area contributed by atoms with Crippen LogP contribution in [0.25, 0.3) is 5.70 Å². The van der Waals surface area contributed by atoms with Crippen molar-refractivity contribution in [2.45, 2.75) is 17.4 Å². The van der Waals surface area contributed by atoms with Gasteiger partial charge in [-0.05, 0) is 35.4 Å². The second kappa shape index (κ2) is 9.65. The smallest absolute Gasteiger partial charge is 0.129 e. The first-order chi connectivity index (χ1) is 13.2. The van der Waals surface area contributed by atoms with Crippen LogP contribution in [0.5, 0.6) is 0 Å². The van der Waals surface area contributed by atoms with Crippen LogP contribution < -0.4 is 10.6 Å². The quantitative estimate of drug-likeness (QED) is 0.471. The maximum absolute atomic E-state index is 12.5. The molecule has 3 aromatic rings. The Morgan fingerprint density at radius 1 is 1.07 bits per heavy atom. The van der Waals surface area contributed by atoms with Crippen molar-refractivity contribution in [3.05, 3.63) is 96.2 Å². The molecular weight excluding hydrogens is 376 g/mol. The molecule has 27 heavy (non-hydrogen) atoms. The van der Waals surface area contributed by atoms with Crippen molar-refractivity contribution in [3.63, 3.8) is 0 Å². The normalized spacial score (nSPS) is 11.8. The summed E-state index contributed by atoms with van der Waals surface area (Å²) in [6.07, 6.45) is 1.61. The van der Waals surface area contributed by atoms with Crippen LogP contribution in [0.3, 0.4) is 0 Å². The largest absolute Gasteiger partial charge is 0.355 e. The molecular formula is C21H21FN3PS. The van der Waals surface area contributed by atoms with Crippen LogP contribution in [0.4, 0.5) is 9.57 Å². The fraction of sp³-hybridized carbons (Fsp3) is 0.0952. The van der Waals surface area contributed by atoms with Crippen molar-refractivity contribution in [3.8, 4) is 0 Å². The lowest BCUT2D eigenvalue weighted by atomic mass is 10.1. The summed E-state index contributed by atoms with van der Waals surface area (Å²) in [5.41, 5.74) is 4.91. The highest BCUT2D eigenvalue weighted by Crippen LogP contribution is 2.24. The molecule has 3 rings (SSSR count). The Labute approximate surface area is 166 Å². The third-order valence-electron chi connectivity index (χ3n) is 4.10. The fourth-order valence-corrected chi connectivity index (χ4v) is 3.12. The molecule has 2 aromatic carbocycles. The van der Waals surface area contributed by atoms with Gasteiger partial charge in [-0.15, -0.1) is 9.24 Å². The molecule has 2 unspecified atom stereocenters. The molecule has 0 amide bonds. The van der Waals surface area contributed by atoms with Crippen LogP contribution in [-0.4, -0.2) is 4.98 Å². The molecule has 0 aliphatic rings. The number of aromatic nitrogens is 1. The van der Waals surface area contributed by atoms with Gasteiger partial charge in [0.25, 0.3) is 0 Å². The highest BCUT2D eigenvalue weighted by Gasteiger charge is 2.06. The van der Waals surface area contributed by atoms with E-state index < -0.39 is 0 Å². The zero-order valence-electron chi connectivity index (χ0n) is 14.7. The summed E-state index contributed by atoms with van der Waals surface area (Å²) in [6.45, 7) is 4.84. The molecule has 1 heterocycles. The molecule has 1 aromatic heterocycles. The van der Waals surface area contributed by atoms with Gasteiger partial charge in [-0.25, -0.2) is 4.98 Å². The third kappa shape index (κ3) is 5.64. The predicted octanol–water partition coefficient (Wildman–Crippen LogP) is 5.80. The first-order valence-corrected chi connectivity index (χ1v) is 9.88. The van der Waals surface area contributed by atoms with E-state index in [0.717, 1.165) is 23.5 Å². The van der Waals surface area contributed by atoms with Crippen molar-refractivity contribution in [1.29, 1.82) is 0 Å². The molecule has 0 saturated heterocycles. The minimum absolute atomic E-state index is 0.131. The second-order valence-corrected chi connectivity index (χ2v) is 7.27. The number of hydrogen-bond acceptors (Lipinski definition) is 4. The molecule has 0 radical (unpaired) electrons. The van der Waals surface area contributed by atoms with E-state index in [0.29, 0.717) is 5.03 Å². The molecule has 2 atom stereocenters. The van der Waals surface area contributed by atoms with Crippen molar-refractivity contribution >= 4 is 32.8 Å². The molecule has 0 aliphatic heterocycles. The summed E-state index contributed by atoms with van der Waals surface area (Å²) in [4.78, 5) is 4.02. The lowest BCUT2D eigenvalue weighted by Gasteiger charge is -2.15. The van der Waals surface area contributed by atoms with Crippen molar-refractivity contribution in [1.82, 2.24) is 10.3 Å². The van der Waals surface area contributed by atoms with Gasteiger partial charge in [0.15, 0.2) is 0 Å². The highest BCUT2D eigenvalue weighted by atomic mass is 32.2. The number of rotatable bonds is 8. The van der Waals surface area contributed by atoms with E-state index in [1.54, 1.807) is 18.3 Å². The molecule has 0 fully saturated rings. The van der Waals surface area contributed by atoms with Crippen molar-refractivity contribution in [2.75, 3.05) is 5.32 Å². The average molecular weight is 397 g/mol. The number of benzene rings is 2. The number of halogens is 1. The van der Waals surface area contributed by atoms with Gasteiger partial charge < -0.3 is 10.6 Å². The molecule has 6 heteroatoms. The molecule has 0 saturated carbocycles. The van der Waals surface area contributed by atoms with Crippen LogP contribution in [0.15, 0.2) is 84.5 Å². The average Bonchev–Trinajstić information content (AvgIpc) is 2.73. The number of nitrogens with zero attached hydrogens (tertiary/aromatic N) is 1. The molecule has 2 N–H and O–H groups in total. The van der Waals surface area contributed by atoms with E-state index in [1.165, 1.54) is 11.1 Å². The van der Waals surface area contributed by atoms with Crippen molar-refractivity contribution in [2.24, 2.45) is 0 Å². The van der Waals surface area contributed by atoms with E-state index in [4.69, 9.17) is 0 Å². The zero-order valence-corrected chi connectivity index (χ0v) is 16.7. The maximum atomic E-state index is 12.5. The summed E-state index contributed by atoms with van der Waals surface area (Å²) in [5, 5.41) is 7.09. The number of pyridine rings is 1. The Morgan fingerprint density at radius 3 is 2.44 bits per heavy atom. The minimum Gasteiger partial charge on any atom is -0.355 e. The minimum atomic E-state index is 0.131. The van der Waals surface area contributed by atoms with Gasteiger partial charge in [0, 0.05) is 35.5 Å². The van der Waals surface area contributed by atoms with E-state index >= 15 is 0 Å². The van der Waals surface area contributed by atoms with Crippen LogP contribution in [-0.2, 0) is 6.54 Å². The Kier molecular flexibility index (Phi) is 6.99. The van der Waals surface area contributed by atoms with Gasteiger partial charge >= 0.3 is 0 Å². The summed E-state index contributed by atoms with van der Waals surface area (Å²) >= 11 is 0.131. The van der Waals surface area contributed by atoms with Gasteiger partial charge in [-0.2, -0.15) is 3.89 Å². The Morgan fingerprint density at radius 2 is 1.81 bits per heavy atom. The van der Waals surface area contributed by atoms with Crippen LogP contribution in [0, 0.1) is 0 Å². The molecule has 138 valence electrons. The van der Waals surface area contributed by atoms with Gasteiger partial charge in [0.2, 0.25) is 0 Å². The van der Waals surface area contributed by atoms with Gasteiger partial charge in [0.1, 0.15) is 17.2 Å². The summed E-state index contributed by atoms with van der Waals surface area (Å²) in [7, 11) is 2.83. The number of nitrogens with one attached hydrogen (secondary N) is 2. The third-order valence-corrected chi connectivity index (χ3v) is 5.12. The van der Waals surface area contributed by atoms with Gasteiger partial charge in [-0.1, -0.05) is 49.0 Å². The topological polar surface area (TPSA) is 37.0 Å². The van der Waals surface area contributed by atoms with Gasteiger partial charge in [-0.3, -0.25) is 0 Å². The Balaban J connectivity index is 1.56.